The highest BCUT2D eigenvalue weighted by Gasteiger charge is 2.46. The number of carbonyl (C=O) groups excluding carboxylic acids is 1. The van der Waals surface area contributed by atoms with E-state index in [2.05, 4.69) is 41.1 Å². The minimum Gasteiger partial charge on any atom is -0.497 e. The van der Waals surface area contributed by atoms with Crippen molar-refractivity contribution in [2.45, 2.75) is 31.9 Å². The molecule has 1 saturated heterocycles. The van der Waals surface area contributed by atoms with E-state index in [0.29, 0.717) is 17.5 Å². The number of ether oxygens (including phenoxy) is 2. The molecule has 2 unspecified atom stereocenters. The summed E-state index contributed by atoms with van der Waals surface area (Å²) in [6.07, 6.45) is 3.77. The Balaban J connectivity index is 0.00000112. The Hall–Kier alpha value is -2.27. The number of rotatable bonds is 1. The summed E-state index contributed by atoms with van der Waals surface area (Å²) in [4.78, 5) is 18.5. The highest BCUT2D eigenvalue weighted by Crippen LogP contribution is 2.47. The van der Waals surface area contributed by atoms with E-state index in [4.69, 9.17) is 9.47 Å². The Morgan fingerprint density at radius 3 is 3.08 bits per heavy atom. The molecule has 1 aromatic heterocycles. The zero-order valence-electron chi connectivity index (χ0n) is 15.2. The van der Waals surface area contributed by atoms with Gasteiger partial charge in [0, 0.05) is 44.4 Å². The Morgan fingerprint density at radius 1 is 1.38 bits per heavy atom. The number of nitrogens with one attached hydrogen (secondary N) is 1. The number of aromatic nitrogens is 1. The van der Waals surface area contributed by atoms with Crippen LogP contribution < -0.4 is 0 Å². The lowest BCUT2D eigenvalue weighted by atomic mass is 9.72. The minimum atomic E-state index is -0.256. The van der Waals surface area contributed by atoms with Crippen LogP contribution in [0.5, 0.6) is 0 Å². The molecule has 2 aromatic rings. The third-order valence-electron chi connectivity index (χ3n) is 6.54. The van der Waals surface area contributed by atoms with Crippen molar-refractivity contribution < 1.29 is 17.1 Å². The molecule has 1 N–H and O–H groups in total. The second-order valence-electron chi connectivity index (χ2n) is 7.74. The van der Waals surface area contributed by atoms with E-state index in [1.807, 2.05) is 0 Å². The number of benzene rings is 1. The summed E-state index contributed by atoms with van der Waals surface area (Å²) in [6.45, 7) is 4.13. The maximum absolute atomic E-state index is 12.3. The van der Waals surface area contributed by atoms with Gasteiger partial charge in [0.05, 0.1) is 31.1 Å². The second-order valence-corrected chi connectivity index (χ2v) is 7.74. The van der Waals surface area contributed by atoms with Crippen molar-refractivity contribution in [3.63, 3.8) is 0 Å². The van der Waals surface area contributed by atoms with Crippen molar-refractivity contribution >= 4 is 16.9 Å². The Morgan fingerprint density at radius 2 is 2.23 bits per heavy atom. The molecular weight excluding hydrogens is 328 g/mol. The number of H-pyrrole nitrogens is 1. The molecule has 0 radical (unpaired) electrons. The van der Waals surface area contributed by atoms with Gasteiger partial charge in [-0.1, -0.05) is 18.2 Å². The van der Waals surface area contributed by atoms with Crippen LogP contribution in [0.25, 0.3) is 10.9 Å². The number of esters is 1. The molecule has 140 valence electrons. The van der Waals surface area contributed by atoms with Crippen molar-refractivity contribution in [1.29, 1.82) is 0 Å². The molecule has 5 rings (SSSR count). The Labute approximate surface area is 155 Å². The van der Waals surface area contributed by atoms with Gasteiger partial charge < -0.3 is 14.5 Å². The van der Waals surface area contributed by atoms with Crippen LogP contribution in [0.2, 0.25) is 0 Å². The van der Waals surface area contributed by atoms with E-state index in [0.717, 1.165) is 25.9 Å². The highest BCUT2D eigenvalue weighted by molar-refractivity contribution is 5.89. The summed E-state index contributed by atoms with van der Waals surface area (Å²) in [5, 5.41) is 1.34. The topological polar surface area (TPSA) is 54.6 Å². The van der Waals surface area contributed by atoms with Gasteiger partial charge in [-0.05, 0) is 31.4 Å². The predicted octanol–water partition coefficient (Wildman–Crippen LogP) is 3.67. The summed E-state index contributed by atoms with van der Waals surface area (Å²) in [6, 6.07) is 8.88. The van der Waals surface area contributed by atoms with Gasteiger partial charge in [-0.3, -0.25) is 4.90 Å². The number of para-hydroxylation sites is 1. The second kappa shape index (κ2) is 5.88. The average molecular weight is 356 g/mol. The molecule has 5 nitrogen and oxygen atoms in total. The molecule has 3 aliphatic heterocycles. The number of nitrogens with zero attached hydrogens (tertiary/aromatic N) is 1. The number of hydrogen-bond acceptors (Lipinski definition) is 4. The van der Waals surface area contributed by atoms with Crippen LogP contribution in [0.15, 0.2) is 36.1 Å². The molecule has 0 saturated carbocycles. The minimum absolute atomic E-state index is 0. The first-order valence-corrected chi connectivity index (χ1v) is 9.44. The highest BCUT2D eigenvalue weighted by atomic mass is 16.5. The Kier molecular flexibility index (Phi) is 3.60. The van der Waals surface area contributed by atoms with Gasteiger partial charge in [0.15, 0.2) is 0 Å². The fourth-order valence-electron chi connectivity index (χ4n) is 5.19. The van der Waals surface area contributed by atoms with Gasteiger partial charge in [-0.2, -0.15) is 0 Å². The molecule has 1 aromatic carbocycles. The van der Waals surface area contributed by atoms with Crippen molar-refractivity contribution in [3.8, 4) is 0 Å². The van der Waals surface area contributed by atoms with E-state index >= 15 is 0 Å². The molecule has 3 aliphatic rings. The molecule has 1 fully saturated rings. The largest absolute Gasteiger partial charge is 0.497 e. The molecule has 0 aliphatic carbocycles. The first-order valence-electron chi connectivity index (χ1n) is 9.44. The third-order valence-corrected chi connectivity index (χ3v) is 6.54. The summed E-state index contributed by atoms with van der Waals surface area (Å²) in [5.41, 5.74) is 4.69. The first-order chi connectivity index (χ1) is 12.7. The zero-order chi connectivity index (χ0) is 17.8. The average Bonchev–Trinajstić information content (AvgIpc) is 3.06. The number of carbonyl (C=O) groups is 1. The zero-order valence-corrected chi connectivity index (χ0v) is 15.2. The number of piperidine rings is 1. The van der Waals surface area contributed by atoms with E-state index in [9.17, 15) is 4.79 Å². The van der Waals surface area contributed by atoms with Crippen molar-refractivity contribution in [1.82, 2.24) is 9.88 Å². The maximum atomic E-state index is 12.3. The van der Waals surface area contributed by atoms with E-state index in [1.54, 1.807) is 6.26 Å². The lowest BCUT2D eigenvalue weighted by molar-refractivity contribution is -0.139. The molecule has 5 heteroatoms. The van der Waals surface area contributed by atoms with Crippen LogP contribution in [0.1, 0.15) is 33.5 Å². The predicted molar refractivity (Wildman–Crippen MR) is 103 cm³/mol. The van der Waals surface area contributed by atoms with Gasteiger partial charge in [0.2, 0.25) is 0 Å². The van der Waals surface area contributed by atoms with E-state index in [1.165, 1.54) is 29.3 Å². The van der Waals surface area contributed by atoms with Gasteiger partial charge >= 0.3 is 5.97 Å². The fraction of sp³-hybridized carbons (Fsp3) is 0.476. The van der Waals surface area contributed by atoms with Gasteiger partial charge in [0.25, 0.3) is 0 Å². The lowest BCUT2D eigenvalue weighted by Crippen LogP contribution is -2.51. The summed E-state index contributed by atoms with van der Waals surface area (Å²) in [7, 11) is 1.45. The molecule has 4 heterocycles. The maximum Gasteiger partial charge on any atom is 0.337 e. The van der Waals surface area contributed by atoms with Crippen LogP contribution in [0.4, 0.5) is 0 Å². The molecular formula is C21H28N2O3. The molecule has 4 atom stereocenters. The number of aromatic amines is 1. The van der Waals surface area contributed by atoms with E-state index < -0.39 is 0 Å². The molecule has 0 spiro atoms. The fourth-order valence-corrected chi connectivity index (χ4v) is 5.19. The standard InChI is InChI=1S/C21H24N2O3.2H2/c1-12-16-10-23-8-7-14-13-5-3-4-6-18(13)22-20(14)19(23)9-15(16)17(11-26-12)21(24)25-2;;/h3-6,11-12,15-16,19,22H,7-10H2,1-2H3;2*1H/t12-,15?,16?,19+;;/m0../s1. The van der Waals surface area contributed by atoms with Crippen molar-refractivity contribution in [2.75, 3.05) is 20.2 Å². The van der Waals surface area contributed by atoms with E-state index in [-0.39, 0.29) is 20.8 Å². The normalized spacial score (nSPS) is 30.6. The van der Waals surface area contributed by atoms with Crippen molar-refractivity contribution in [3.05, 3.63) is 47.4 Å². The summed E-state index contributed by atoms with van der Waals surface area (Å²) < 4.78 is 10.8. The van der Waals surface area contributed by atoms with Crippen LogP contribution in [0.3, 0.4) is 0 Å². The quantitative estimate of drug-likeness (QED) is 0.792. The van der Waals surface area contributed by atoms with Crippen LogP contribution in [-0.2, 0) is 20.7 Å². The molecule has 26 heavy (non-hydrogen) atoms. The van der Waals surface area contributed by atoms with Crippen LogP contribution >= 0.6 is 0 Å². The van der Waals surface area contributed by atoms with Crippen molar-refractivity contribution in [2.24, 2.45) is 11.8 Å². The van der Waals surface area contributed by atoms with Crippen LogP contribution in [-0.4, -0.2) is 42.2 Å². The Bertz CT molecular complexity index is 910. The van der Waals surface area contributed by atoms with Gasteiger partial charge in [0.1, 0.15) is 0 Å². The molecule has 0 amide bonds. The summed E-state index contributed by atoms with van der Waals surface area (Å²) in [5.74, 6) is 0.258. The molecule has 0 bridgehead atoms. The smallest absolute Gasteiger partial charge is 0.337 e. The van der Waals surface area contributed by atoms with Gasteiger partial charge in [-0.15, -0.1) is 0 Å². The number of methoxy groups -OCH3 is 1. The number of hydrogen-bond donors (Lipinski definition) is 1. The first kappa shape index (κ1) is 15.9. The number of fused-ring (bicyclic) bond motifs is 6. The summed E-state index contributed by atoms with van der Waals surface area (Å²) >= 11 is 0. The SMILES string of the molecule is COC(=O)C1=CO[C@@H](C)C2CN3CCc4c([nH]c5ccccc45)[C@H]3CC12.[HH].[HH]. The van der Waals surface area contributed by atoms with Gasteiger partial charge in [-0.25, -0.2) is 4.79 Å². The third kappa shape index (κ3) is 2.23. The van der Waals surface area contributed by atoms with Crippen LogP contribution in [0, 0.1) is 11.8 Å². The monoisotopic (exact) mass is 356 g/mol. The lowest BCUT2D eigenvalue weighted by Gasteiger charge is -2.49.